The minimum Gasteiger partial charge on any atom is -0.338 e. The lowest BCUT2D eigenvalue weighted by Crippen LogP contribution is -2.23. The molecule has 4 N–H and O–H groups in total. The van der Waals surface area contributed by atoms with Gasteiger partial charge in [0.05, 0.1) is 29.6 Å². The summed E-state index contributed by atoms with van der Waals surface area (Å²) in [7, 11) is 0. The maximum atomic E-state index is 12.8. The summed E-state index contributed by atoms with van der Waals surface area (Å²) in [6, 6.07) is 9.00. The molecule has 2 aromatic heterocycles. The van der Waals surface area contributed by atoms with Crippen LogP contribution in [0.1, 0.15) is 43.3 Å². The van der Waals surface area contributed by atoms with Crippen LogP contribution in [0.3, 0.4) is 0 Å². The van der Waals surface area contributed by atoms with Crippen LogP contribution < -0.4 is 16.6 Å². The summed E-state index contributed by atoms with van der Waals surface area (Å²) in [5.74, 6) is 0.198. The van der Waals surface area contributed by atoms with Gasteiger partial charge in [0.2, 0.25) is 0 Å². The standard InChI is InChI=1S/C21H22F2N6O/c22-19(23)18(25)12-5-7-14(8-6-12)27-20-17-16(9-10-26-21(17)30)29(28-20)15-4-2-1-3-13(15)11-24/h5-10,13,15,18-19H,1-4,25H2,(H,26,30)(H,27,28)/t13-,15+,18+/m1/s1. The molecule has 0 bridgehead atoms. The number of benzene rings is 1. The lowest BCUT2D eigenvalue weighted by molar-refractivity contribution is 0.116. The molecule has 9 heteroatoms. The fraction of sp³-hybridized carbons (Fsp3) is 0.381. The average Bonchev–Trinajstić information content (AvgIpc) is 3.13. The normalized spacial score (nSPS) is 20.2. The van der Waals surface area contributed by atoms with Gasteiger partial charge in [0.25, 0.3) is 12.0 Å². The van der Waals surface area contributed by atoms with Crippen molar-refractivity contribution in [3.8, 4) is 6.07 Å². The molecule has 4 rings (SSSR count). The first-order chi connectivity index (χ1) is 14.5. The van der Waals surface area contributed by atoms with Crippen LogP contribution >= 0.6 is 0 Å². The van der Waals surface area contributed by atoms with Crippen molar-refractivity contribution in [2.45, 2.75) is 44.2 Å². The van der Waals surface area contributed by atoms with E-state index in [2.05, 4.69) is 21.5 Å². The second-order valence-corrected chi connectivity index (χ2v) is 7.55. The molecular weight excluding hydrogens is 390 g/mol. The number of nitrogens with two attached hydrogens (primary N) is 1. The monoisotopic (exact) mass is 412 g/mol. The third-order valence-corrected chi connectivity index (χ3v) is 5.67. The lowest BCUT2D eigenvalue weighted by Gasteiger charge is -2.27. The second kappa shape index (κ2) is 8.24. The summed E-state index contributed by atoms with van der Waals surface area (Å²) in [5, 5.41) is 17.7. The average molecular weight is 412 g/mol. The first kappa shape index (κ1) is 20.0. The molecule has 3 atom stereocenters. The predicted molar refractivity (Wildman–Crippen MR) is 110 cm³/mol. The number of pyridine rings is 1. The Hall–Kier alpha value is -3.25. The second-order valence-electron chi connectivity index (χ2n) is 7.55. The molecule has 1 saturated carbocycles. The minimum atomic E-state index is -2.65. The predicted octanol–water partition coefficient (Wildman–Crippen LogP) is 3.99. The zero-order valence-electron chi connectivity index (χ0n) is 16.2. The fourth-order valence-electron chi connectivity index (χ4n) is 4.07. The van der Waals surface area contributed by atoms with Crippen molar-refractivity contribution < 1.29 is 8.78 Å². The van der Waals surface area contributed by atoms with Crippen LogP contribution in [-0.4, -0.2) is 21.2 Å². The topological polar surface area (TPSA) is 113 Å². The summed E-state index contributed by atoms with van der Waals surface area (Å²) < 4.78 is 27.4. The van der Waals surface area contributed by atoms with E-state index in [1.165, 1.54) is 12.1 Å². The molecule has 1 aliphatic rings. The van der Waals surface area contributed by atoms with Crippen molar-refractivity contribution in [1.82, 2.24) is 14.8 Å². The maximum Gasteiger partial charge on any atom is 0.261 e. The van der Waals surface area contributed by atoms with E-state index in [9.17, 15) is 18.8 Å². The molecule has 0 aliphatic heterocycles. The quantitative estimate of drug-likeness (QED) is 0.587. The van der Waals surface area contributed by atoms with Crippen molar-refractivity contribution in [2.75, 3.05) is 5.32 Å². The summed E-state index contributed by atoms with van der Waals surface area (Å²) in [4.78, 5) is 15.2. The Balaban J connectivity index is 1.71. The van der Waals surface area contributed by atoms with Crippen molar-refractivity contribution in [1.29, 1.82) is 5.26 Å². The summed E-state index contributed by atoms with van der Waals surface area (Å²) in [6.07, 6.45) is 2.55. The minimum absolute atomic E-state index is 0.102. The van der Waals surface area contributed by atoms with Gasteiger partial charge in [0.1, 0.15) is 5.39 Å². The van der Waals surface area contributed by atoms with Crippen molar-refractivity contribution in [3.63, 3.8) is 0 Å². The zero-order valence-corrected chi connectivity index (χ0v) is 16.2. The number of anilines is 2. The van der Waals surface area contributed by atoms with Gasteiger partial charge >= 0.3 is 0 Å². The molecular formula is C21H22F2N6O. The van der Waals surface area contributed by atoms with Gasteiger partial charge in [0.15, 0.2) is 5.82 Å². The largest absolute Gasteiger partial charge is 0.338 e. The fourth-order valence-corrected chi connectivity index (χ4v) is 4.07. The molecule has 7 nitrogen and oxygen atoms in total. The van der Waals surface area contributed by atoms with E-state index in [1.54, 1.807) is 29.1 Å². The molecule has 1 aromatic carbocycles. The number of hydrogen-bond acceptors (Lipinski definition) is 5. The van der Waals surface area contributed by atoms with Crippen molar-refractivity contribution >= 4 is 22.4 Å². The maximum absolute atomic E-state index is 12.8. The number of hydrogen-bond donors (Lipinski definition) is 3. The van der Waals surface area contributed by atoms with Gasteiger partial charge in [0, 0.05) is 11.9 Å². The number of aromatic nitrogens is 3. The molecule has 0 unspecified atom stereocenters. The number of fused-ring (bicyclic) bond motifs is 1. The van der Waals surface area contributed by atoms with Crippen LogP contribution in [-0.2, 0) is 0 Å². The van der Waals surface area contributed by atoms with E-state index in [0.29, 0.717) is 28.0 Å². The molecule has 0 saturated heterocycles. The molecule has 156 valence electrons. The van der Waals surface area contributed by atoms with Crippen LogP contribution in [0.4, 0.5) is 20.3 Å². The summed E-state index contributed by atoms with van der Waals surface area (Å²) in [5.41, 5.74) is 6.77. The Kier molecular flexibility index (Phi) is 5.50. The molecule has 2 heterocycles. The Labute approximate surface area is 171 Å². The van der Waals surface area contributed by atoms with Gasteiger partial charge in [-0.15, -0.1) is 0 Å². The van der Waals surface area contributed by atoms with Gasteiger partial charge < -0.3 is 16.0 Å². The highest BCUT2D eigenvalue weighted by Gasteiger charge is 2.29. The van der Waals surface area contributed by atoms with Gasteiger partial charge in [-0.25, -0.2) is 8.78 Å². The van der Waals surface area contributed by atoms with E-state index in [-0.39, 0.29) is 17.5 Å². The van der Waals surface area contributed by atoms with Gasteiger partial charge in [-0.3, -0.25) is 9.48 Å². The number of halogens is 2. The van der Waals surface area contributed by atoms with Gasteiger partial charge in [-0.05, 0) is 36.6 Å². The Bertz CT molecular complexity index is 1130. The van der Waals surface area contributed by atoms with E-state index in [4.69, 9.17) is 5.73 Å². The van der Waals surface area contributed by atoms with Gasteiger partial charge in [-0.1, -0.05) is 25.0 Å². The van der Waals surface area contributed by atoms with Crippen LogP contribution in [0.15, 0.2) is 41.3 Å². The Morgan fingerprint density at radius 1 is 1.23 bits per heavy atom. The summed E-state index contributed by atoms with van der Waals surface area (Å²) >= 11 is 0. The molecule has 0 radical (unpaired) electrons. The zero-order chi connectivity index (χ0) is 21.3. The molecule has 30 heavy (non-hydrogen) atoms. The number of nitriles is 1. The smallest absolute Gasteiger partial charge is 0.261 e. The number of nitrogens with one attached hydrogen (secondary N) is 2. The third-order valence-electron chi connectivity index (χ3n) is 5.67. The van der Waals surface area contributed by atoms with E-state index >= 15 is 0 Å². The number of aromatic amines is 1. The number of H-pyrrole nitrogens is 1. The van der Waals surface area contributed by atoms with Crippen molar-refractivity contribution in [3.05, 3.63) is 52.4 Å². The molecule has 1 fully saturated rings. The lowest BCUT2D eigenvalue weighted by atomic mass is 9.85. The Morgan fingerprint density at radius 2 is 1.97 bits per heavy atom. The first-order valence-electron chi connectivity index (χ1n) is 9.90. The van der Waals surface area contributed by atoms with Crippen LogP contribution in [0.5, 0.6) is 0 Å². The van der Waals surface area contributed by atoms with E-state index < -0.39 is 12.5 Å². The SMILES string of the molecule is N#C[C@H]1CCCC[C@@H]1n1nc(Nc2ccc([C@H](N)C(F)F)cc2)c2c(=O)[nH]ccc21. The first-order valence-corrected chi connectivity index (χ1v) is 9.90. The molecule has 0 spiro atoms. The molecule has 1 aliphatic carbocycles. The third kappa shape index (κ3) is 3.66. The Morgan fingerprint density at radius 3 is 2.67 bits per heavy atom. The molecule has 0 amide bonds. The van der Waals surface area contributed by atoms with E-state index in [1.807, 2.05) is 0 Å². The molecule has 3 aromatic rings. The number of alkyl halides is 2. The highest BCUT2D eigenvalue weighted by atomic mass is 19.3. The highest BCUT2D eigenvalue weighted by molar-refractivity contribution is 5.91. The summed E-state index contributed by atoms with van der Waals surface area (Å²) in [6.45, 7) is 0. The number of nitrogens with zero attached hydrogens (tertiary/aromatic N) is 3. The number of rotatable bonds is 5. The van der Waals surface area contributed by atoms with Crippen LogP contribution in [0.2, 0.25) is 0 Å². The van der Waals surface area contributed by atoms with Crippen LogP contribution in [0, 0.1) is 17.2 Å². The highest BCUT2D eigenvalue weighted by Crippen LogP contribution is 2.36. The van der Waals surface area contributed by atoms with Crippen LogP contribution in [0.25, 0.3) is 10.9 Å². The van der Waals surface area contributed by atoms with E-state index in [0.717, 1.165) is 25.7 Å². The van der Waals surface area contributed by atoms with Gasteiger partial charge in [-0.2, -0.15) is 10.4 Å². The van der Waals surface area contributed by atoms with Crippen molar-refractivity contribution in [2.24, 2.45) is 11.7 Å².